The Morgan fingerprint density at radius 1 is 1.14 bits per heavy atom. The van der Waals surface area contributed by atoms with Crippen molar-refractivity contribution in [3.8, 4) is 5.69 Å². The number of nitrogens with zero attached hydrogens (tertiary/aromatic N) is 3. The van der Waals surface area contributed by atoms with Gasteiger partial charge in [0.05, 0.1) is 17.1 Å². The highest BCUT2D eigenvalue weighted by Gasteiger charge is 2.10. The molecule has 0 aromatic carbocycles. The lowest BCUT2D eigenvalue weighted by Gasteiger charge is -2.12. The van der Waals surface area contributed by atoms with E-state index in [9.17, 15) is 0 Å². The van der Waals surface area contributed by atoms with Gasteiger partial charge in [-0.15, -0.1) is 0 Å². The third-order valence-corrected chi connectivity index (χ3v) is 3.24. The van der Waals surface area contributed by atoms with E-state index in [1.807, 2.05) is 40.0 Å². The first-order valence-electron chi connectivity index (χ1n) is 7.44. The molecule has 0 atom stereocenters. The predicted molar refractivity (Wildman–Crippen MR) is 85.2 cm³/mol. The Morgan fingerprint density at radius 3 is 2.67 bits per heavy atom. The van der Waals surface area contributed by atoms with Gasteiger partial charge in [-0.25, -0.2) is 4.98 Å². The van der Waals surface area contributed by atoms with Gasteiger partial charge < -0.3 is 10.1 Å². The van der Waals surface area contributed by atoms with Crippen molar-refractivity contribution >= 4 is 5.95 Å². The third-order valence-electron chi connectivity index (χ3n) is 3.24. The van der Waals surface area contributed by atoms with Crippen LogP contribution in [-0.4, -0.2) is 34.3 Å². The summed E-state index contributed by atoms with van der Waals surface area (Å²) in [5.74, 6) is 0.859. The van der Waals surface area contributed by atoms with Gasteiger partial charge in [0, 0.05) is 31.6 Å². The number of hydrogen-bond donors (Lipinski definition) is 1. The predicted octanol–water partition coefficient (Wildman–Crippen LogP) is 3.03. The van der Waals surface area contributed by atoms with E-state index in [4.69, 9.17) is 4.74 Å². The summed E-state index contributed by atoms with van der Waals surface area (Å²) in [6, 6.07) is 4.11. The fraction of sp³-hybridized carbons (Fsp3) is 0.500. The average Bonchev–Trinajstić information content (AvgIpc) is 2.79. The van der Waals surface area contributed by atoms with Crippen molar-refractivity contribution in [3.63, 3.8) is 0 Å². The molecule has 0 aliphatic heterocycles. The van der Waals surface area contributed by atoms with Crippen molar-refractivity contribution in [2.45, 2.75) is 34.1 Å². The molecular weight excluding hydrogens is 264 g/mol. The van der Waals surface area contributed by atoms with Gasteiger partial charge in [0.1, 0.15) is 0 Å². The monoisotopic (exact) mass is 288 g/mol. The van der Waals surface area contributed by atoms with Crippen LogP contribution in [0.2, 0.25) is 0 Å². The van der Waals surface area contributed by atoms with Gasteiger partial charge in [-0.05, 0) is 46.2 Å². The molecule has 0 saturated carbocycles. The normalized spacial score (nSPS) is 10.9. The molecule has 0 radical (unpaired) electrons. The summed E-state index contributed by atoms with van der Waals surface area (Å²) >= 11 is 0. The molecule has 0 spiro atoms. The van der Waals surface area contributed by atoms with Crippen LogP contribution in [0.25, 0.3) is 5.69 Å². The maximum Gasteiger partial charge on any atom is 0.207 e. The lowest BCUT2D eigenvalue weighted by molar-refractivity contribution is 0.147. The Morgan fingerprint density at radius 2 is 1.95 bits per heavy atom. The zero-order chi connectivity index (χ0) is 15.2. The van der Waals surface area contributed by atoms with Crippen LogP contribution in [0.5, 0.6) is 0 Å². The Kier molecular flexibility index (Phi) is 5.33. The SMILES string of the molecule is CCOCCCNc1nc(C)cn1-c1ccc(C)nc1C. The van der Waals surface area contributed by atoms with Crippen LogP contribution in [-0.2, 0) is 4.74 Å². The molecule has 5 nitrogen and oxygen atoms in total. The summed E-state index contributed by atoms with van der Waals surface area (Å²) < 4.78 is 7.41. The molecule has 1 N–H and O–H groups in total. The van der Waals surface area contributed by atoms with Crippen LogP contribution < -0.4 is 5.32 Å². The number of hydrogen-bond acceptors (Lipinski definition) is 4. The van der Waals surface area contributed by atoms with Gasteiger partial charge in [0.25, 0.3) is 0 Å². The largest absolute Gasteiger partial charge is 0.382 e. The number of ether oxygens (including phenoxy) is 1. The minimum absolute atomic E-state index is 0.766. The minimum Gasteiger partial charge on any atom is -0.382 e. The van der Waals surface area contributed by atoms with Crippen LogP contribution in [0.15, 0.2) is 18.3 Å². The van der Waals surface area contributed by atoms with Gasteiger partial charge in [0.15, 0.2) is 0 Å². The van der Waals surface area contributed by atoms with Gasteiger partial charge in [-0.3, -0.25) is 9.55 Å². The summed E-state index contributed by atoms with van der Waals surface area (Å²) in [5.41, 5.74) is 4.08. The van der Waals surface area contributed by atoms with Crippen LogP contribution in [0.3, 0.4) is 0 Å². The zero-order valence-corrected chi connectivity index (χ0v) is 13.3. The van der Waals surface area contributed by atoms with Crippen LogP contribution >= 0.6 is 0 Å². The molecule has 0 saturated heterocycles. The van der Waals surface area contributed by atoms with Crippen LogP contribution in [0, 0.1) is 20.8 Å². The summed E-state index contributed by atoms with van der Waals surface area (Å²) in [6.45, 7) is 10.4. The molecule has 0 bridgehead atoms. The smallest absolute Gasteiger partial charge is 0.207 e. The molecule has 0 fully saturated rings. The quantitative estimate of drug-likeness (QED) is 0.796. The standard InChI is InChI=1S/C16H24N4O/c1-5-21-10-6-9-17-16-19-13(3)11-20(16)15-8-7-12(2)18-14(15)4/h7-8,11H,5-6,9-10H2,1-4H3,(H,17,19). The Balaban J connectivity index is 2.13. The van der Waals surface area contributed by atoms with Gasteiger partial charge in [0.2, 0.25) is 5.95 Å². The molecule has 5 heteroatoms. The van der Waals surface area contributed by atoms with Crippen LogP contribution in [0.4, 0.5) is 5.95 Å². The molecular formula is C16H24N4O. The topological polar surface area (TPSA) is 52.0 Å². The van der Waals surface area contributed by atoms with E-state index in [2.05, 4.69) is 25.9 Å². The van der Waals surface area contributed by atoms with E-state index in [1.54, 1.807) is 0 Å². The summed E-state index contributed by atoms with van der Waals surface area (Å²) in [5, 5.41) is 3.38. The maximum atomic E-state index is 5.35. The zero-order valence-electron chi connectivity index (χ0n) is 13.3. The first-order chi connectivity index (χ1) is 10.1. The van der Waals surface area contributed by atoms with Gasteiger partial charge in [-0.1, -0.05) is 0 Å². The number of rotatable bonds is 7. The highest BCUT2D eigenvalue weighted by atomic mass is 16.5. The minimum atomic E-state index is 0.766. The van der Waals surface area contributed by atoms with Crippen molar-refractivity contribution < 1.29 is 4.74 Å². The molecule has 0 aliphatic carbocycles. The first kappa shape index (κ1) is 15.5. The van der Waals surface area contributed by atoms with Crippen molar-refractivity contribution in [2.75, 3.05) is 25.1 Å². The van der Waals surface area contributed by atoms with E-state index in [-0.39, 0.29) is 0 Å². The van der Waals surface area contributed by atoms with E-state index >= 15 is 0 Å². The Bertz CT molecular complexity index is 592. The van der Waals surface area contributed by atoms with Gasteiger partial charge >= 0.3 is 0 Å². The van der Waals surface area contributed by atoms with E-state index in [0.29, 0.717) is 0 Å². The molecule has 2 aromatic rings. The highest BCUT2D eigenvalue weighted by molar-refractivity contribution is 5.45. The van der Waals surface area contributed by atoms with Crippen molar-refractivity contribution in [3.05, 3.63) is 35.4 Å². The molecule has 0 aliphatic rings. The Labute approximate surface area is 126 Å². The molecule has 2 heterocycles. The second-order valence-electron chi connectivity index (χ2n) is 5.11. The molecule has 2 aromatic heterocycles. The second-order valence-corrected chi connectivity index (χ2v) is 5.11. The third kappa shape index (κ3) is 4.04. The highest BCUT2D eigenvalue weighted by Crippen LogP contribution is 2.19. The van der Waals surface area contributed by atoms with Crippen molar-refractivity contribution in [1.29, 1.82) is 0 Å². The molecule has 2 rings (SSSR count). The maximum absolute atomic E-state index is 5.35. The second kappa shape index (κ2) is 7.22. The molecule has 21 heavy (non-hydrogen) atoms. The fourth-order valence-electron chi connectivity index (χ4n) is 2.26. The van der Waals surface area contributed by atoms with E-state index < -0.39 is 0 Å². The summed E-state index contributed by atoms with van der Waals surface area (Å²) in [4.78, 5) is 9.08. The molecule has 114 valence electrons. The number of nitrogens with one attached hydrogen (secondary N) is 1. The number of imidazole rings is 1. The van der Waals surface area contributed by atoms with E-state index in [1.165, 1.54) is 0 Å². The van der Waals surface area contributed by atoms with E-state index in [0.717, 1.165) is 54.9 Å². The molecule has 0 amide bonds. The lowest BCUT2D eigenvalue weighted by Crippen LogP contribution is -2.10. The number of aromatic nitrogens is 3. The average molecular weight is 288 g/mol. The number of pyridine rings is 1. The van der Waals surface area contributed by atoms with Crippen LogP contribution in [0.1, 0.15) is 30.4 Å². The first-order valence-corrected chi connectivity index (χ1v) is 7.44. The fourth-order valence-corrected chi connectivity index (χ4v) is 2.26. The van der Waals surface area contributed by atoms with Gasteiger partial charge in [-0.2, -0.15) is 0 Å². The van der Waals surface area contributed by atoms with Crippen molar-refractivity contribution in [1.82, 2.24) is 14.5 Å². The Hall–Kier alpha value is -1.88. The summed E-state index contributed by atoms with van der Waals surface area (Å²) in [6.07, 6.45) is 3.00. The molecule has 0 unspecified atom stereocenters. The van der Waals surface area contributed by atoms with Crippen molar-refractivity contribution in [2.24, 2.45) is 0 Å². The lowest BCUT2D eigenvalue weighted by atomic mass is 10.2. The number of anilines is 1. The summed E-state index contributed by atoms with van der Waals surface area (Å²) in [7, 11) is 0. The number of aryl methyl sites for hydroxylation is 3.